The largest absolute Gasteiger partial charge is 0.489 e. The lowest BCUT2D eigenvalue weighted by Crippen LogP contribution is -2.13. The van der Waals surface area contributed by atoms with E-state index in [2.05, 4.69) is 10.6 Å². The number of ether oxygens (including phenoxy) is 1. The minimum Gasteiger partial charge on any atom is -0.489 e. The molecule has 0 spiro atoms. The summed E-state index contributed by atoms with van der Waals surface area (Å²) in [6.07, 6.45) is 0. The smallest absolute Gasteiger partial charge is 0.255 e. The molecule has 3 rings (SSSR count). The average molecular weight is 360 g/mol. The van der Waals surface area contributed by atoms with Crippen LogP contribution in [0.25, 0.3) is 0 Å². The van der Waals surface area contributed by atoms with Crippen molar-refractivity contribution in [2.24, 2.45) is 0 Å². The second-order valence-electron chi connectivity index (χ2n) is 6.02. The van der Waals surface area contributed by atoms with Crippen LogP contribution in [-0.4, -0.2) is 11.8 Å². The summed E-state index contributed by atoms with van der Waals surface area (Å²) in [4.78, 5) is 23.8. The van der Waals surface area contributed by atoms with Crippen LogP contribution in [0.4, 0.5) is 11.4 Å². The monoisotopic (exact) mass is 360 g/mol. The van der Waals surface area contributed by atoms with Crippen LogP contribution in [0.3, 0.4) is 0 Å². The molecule has 2 N–H and O–H groups in total. The van der Waals surface area contributed by atoms with Gasteiger partial charge in [0.15, 0.2) is 0 Å². The number of para-hydroxylation sites is 1. The lowest BCUT2D eigenvalue weighted by Gasteiger charge is -2.12. The molecule has 0 saturated carbocycles. The van der Waals surface area contributed by atoms with E-state index in [9.17, 15) is 9.59 Å². The Morgan fingerprint density at radius 3 is 2.04 bits per heavy atom. The van der Waals surface area contributed by atoms with E-state index in [1.165, 1.54) is 6.92 Å². The van der Waals surface area contributed by atoms with Gasteiger partial charge in [0.1, 0.15) is 12.4 Å². The molecular weight excluding hydrogens is 340 g/mol. The van der Waals surface area contributed by atoms with Gasteiger partial charge in [-0.3, -0.25) is 9.59 Å². The summed E-state index contributed by atoms with van der Waals surface area (Å²) in [6, 6.07) is 23.8. The van der Waals surface area contributed by atoms with Crippen molar-refractivity contribution in [1.29, 1.82) is 0 Å². The van der Waals surface area contributed by atoms with E-state index in [0.29, 0.717) is 23.5 Å². The summed E-state index contributed by atoms with van der Waals surface area (Å²) < 4.78 is 5.77. The van der Waals surface area contributed by atoms with Gasteiger partial charge in [0.05, 0.1) is 0 Å². The lowest BCUT2D eigenvalue weighted by atomic mass is 10.1. The van der Waals surface area contributed by atoms with Crippen LogP contribution in [0.1, 0.15) is 22.8 Å². The number of hydrogen-bond acceptors (Lipinski definition) is 3. The molecule has 5 heteroatoms. The van der Waals surface area contributed by atoms with Crippen molar-refractivity contribution >= 4 is 23.2 Å². The van der Waals surface area contributed by atoms with Crippen molar-refractivity contribution in [3.05, 3.63) is 90.0 Å². The first-order valence-corrected chi connectivity index (χ1v) is 8.56. The third-order valence-electron chi connectivity index (χ3n) is 3.76. The molecule has 0 aliphatic carbocycles. The summed E-state index contributed by atoms with van der Waals surface area (Å²) in [5.74, 6) is 0.347. The van der Waals surface area contributed by atoms with Crippen molar-refractivity contribution in [2.45, 2.75) is 13.5 Å². The first-order chi connectivity index (χ1) is 13.1. The molecule has 0 atom stereocenters. The van der Waals surface area contributed by atoms with Crippen molar-refractivity contribution < 1.29 is 14.3 Å². The van der Waals surface area contributed by atoms with Crippen LogP contribution in [0.15, 0.2) is 78.9 Å². The van der Waals surface area contributed by atoms with Gasteiger partial charge >= 0.3 is 0 Å². The molecule has 136 valence electrons. The Bertz CT molecular complexity index is 925. The zero-order valence-corrected chi connectivity index (χ0v) is 14.9. The second kappa shape index (κ2) is 8.67. The summed E-state index contributed by atoms with van der Waals surface area (Å²) in [6.45, 7) is 1.75. The molecule has 0 aliphatic rings. The van der Waals surface area contributed by atoms with Gasteiger partial charge in [0.25, 0.3) is 5.91 Å². The Morgan fingerprint density at radius 1 is 0.815 bits per heavy atom. The van der Waals surface area contributed by atoms with Gasteiger partial charge in [-0.25, -0.2) is 0 Å². The Morgan fingerprint density at radius 2 is 1.41 bits per heavy atom. The zero-order chi connectivity index (χ0) is 19.1. The van der Waals surface area contributed by atoms with E-state index >= 15 is 0 Å². The normalized spacial score (nSPS) is 10.1. The van der Waals surface area contributed by atoms with Crippen molar-refractivity contribution in [1.82, 2.24) is 0 Å². The predicted octanol–water partition coefficient (Wildman–Crippen LogP) is 4.48. The van der Waals surface area contributed by atoms with Crippen molar-refractivity contribution in [2.75, 3.05) is 10.6 Å². The van der Waals surface area contributed by atoms with Crippen molar-refractivity contribution in [3.8, 4) is 5.75 Å². The van der Waals surface area contributed by atoms with Gasteiger partial charge in [-0.2, -0.15) is 0 Å². The molecule has 0 aliphatic heterocycles. The number of nitrogens with one attached hydrogen (secondary N) is 2. The maximum absolute atomic E-state index is 12.4. The average Bonchev–Trinajstić information content (AvgIpc) is 2.67. The fourth-order valence-electron chi connectivity index (χ4n) is 2.60. The number of anilines is 2. The quantitative estimate of drug-likeness (QED) is 0.681. The third kappa shape index (κ3) is 5.44. The Labute approximate surface area is 158 Å². The van der Waals surface area contributed by atoms with Crippen molar-refractivity contribution in [3.63, 3.8) is 0 Å². The van der Waals surface area contributed by atoms with Gasteiger partial charge in [-0.15, -0.1) is 0 Å². The van der Waals surface area contributed by atoms with Gasteiger partial charge in [-0.1, -0.05) is 36.4 Å². The lowest BCUT2D eigenvalue weighted by molar-refractivity contribution is -0.114. The minimum atomic E-state index is -0.217. The molecule has 5 nitrogen and oxygen atoms in total. The molecular formula is C22H20N2O3. The molecule has 0 bridgehead atoms. The van der Waals surface area contributed by atoms with E-state index in [1.807, 2.05) is 60.7 Å². The number of carbonyl (C=O) groups is 2. The van der Waals surface area contributed by atoms with E-state index in [-0.39, 0.29) is 11.8 Å². The summed E-state index contributed by atoms with van der Waals surface area (Å²) in [5, 5.41) is 5.62. The molecule has 0 saturated heterocycles. The third-order valence-corrected chi connectivity index (χ3v) is 3.76. The molecule has 2 amide bonds. The molecule has 0 unspecified atom stereocenters. The Hall–Kier alpha value is -3.60. The van der Waals surface area contributed by atoms with E-state index < -0.39 is 0 Å². The van der Waals surface area contributed by atoms with Crippen LogP contribution in [0.2, 0.25) is 0 Å². The minimum absolute atomic E-state index is 0.184. The number of amides is 2. The van der Waals surface area contributed by atoms with Crippen LogP contribution >= 0.6 is 0 Å². The van der Waals surface area contributed by atoms with E-state index in [4.69, 9.17) is 4.74 Å². The summed E-state index contributed by atoms with van der Waals surface area (Å²) in [5.41, 5.74) is 2.57. The molecule has 3 aromatic rings. The second-order valence-corrected chi connectivity index (χ2v) is 6.02. The number of rotatable bonds is 6. The molecule has 27 heavy (non-hydrogen) atoms. The van der Waals surface area contributed by atoms with Gasteiger partial charge in [-0.05, 0) is 48.0 Å². The molecule has 0 radical (unpaired) electrons. The summed E-state index contributed by atoms with van der Waals surface area (Å²) in [7, 11) is 0. The first kappa shape index (κ1) is 18.2. The fourth-order valence-corrected chi connectivity index (χ4v) is 2.60. The first-order valence-electron chi connectivity index (χ1n) is 8.56. The summed E-state index contributed by atoms with van der Waals surface area (Å²) >= 11 is 0. The van der Waals surface area contributed by atoms with Crippen LogP contribution in [0.5, 0.6) is 5.75 Å². The highest BCUT2D eigenvalue weighted by atomic mass is 16.5. The highest BCUT2D eigenvalue weighted by molar-refractivity contribution is 6.04. The molecule has 0 heterocycles. The van der Waals surface area contributed by atoms with Crippen LogP contribution in [-0.2, 0) is 11.4 Å². The molecule has 3 aromatic carbocycles. The van der Waals surface area contributed by atoms with E-state index in [0.717, 1.165) is 11.3 Å². The number of hydrogen-bond donors (Lipinski definition) is 2. The molecule has 0 aromatic heterocycles. The Kier molecular flexibility index (Phi) is 5.84. The maximum atomic E-state index is 12.4. The topological polar surface area (TPSA) is 67.4 Å². The fraction of sp³-hybridized carbons (Fsp3) is 0.0909. The standard InChI is InChI=1S/C22H20N2O3/c1-16(25)23-19-12-17(15-27-21-10-6-3-7-11-21)13-20(14-19)24-22(26)18-8-4-2-5-9-18/h2-14H,15H2,1H3,(H,23,25)(H,24,26). The van der Waals surface area contributed by atoms with E-state index in [1.54, 1.807) is 18.2 Å². The highest BCUT2D eigenvalue weighted by Gasteiger charge is 2.09. The number of carbonyl (C=O) groups excluding carboxylic acids is 2. The Balaban J connectivity index is 1.79. The highest BCUT2D eigenvalue weighted by Crippen LogP contribution is 2.22. The van der Waals surface area contributed by atoms with Gasteiger partial charge < -0.3 is 15.4 Å². The van der Waals surface area contributed by atoms with Gasteiger partial charge in [0, 0.05) is 23.9 Å². The number of benzene rings is 3. The van der Waals surface area contributed by atoms with Gasteiger partial charge in [0.2, 0.25) is 5.91 Å². The van der Waals surface area contributed by atoms with Crippen LogP contribution < -0.4 is 15.4 Å². The maximum Gasteiger partial charge on any atom is 0.255 e. The zero-order valence-electron chi connectivity index (χ0n) is 14.9. The van der Waals surface area contributed by atoms with Crippen LogP contribution in [0, 0.1) is 0 Å². The predicted molar refractivity (Wildman–Crippen MR) is 106 cm³/mol. The SMILES string of the molecule is CC(=O)Nc1cc(COc2ccccc2)cc(NC(=O)c2ccccc2)c1. The molecule has 0 fully saturated rings.